The molecular weight excluding hydrogens is 372 g/mol. The lowest BCUT2D eigenvalue weighted by Crippen LogP contribution is -2.24. The topological polar surface area (TPSA) is 29.1 Å². The van der Waals surface area contributed by atoms with Gasteiger partial charge in [-0.1, -0.05) is 34.1 Å². The van der Waals surface area contributed by atoms with Crippen molar-refractivity contribution in [2.24, 2.45) is 0 Å². The number of benzene rings is 2. The number of halogens is 3. The first-order valence-corrected chi connectivity index (χ1v) is 8.52. The molecule has 0 unspecified atom stereocenters. The van der Waals surface area contributed by atoms with Gasteiger partial charge in [0.2, 0.25) is 5.91 Å². The first kappa shape index (κ1) is 17.0. The second-order valence-electron chi connectivity index (χ2n) is 4.63. The fraction of sp³-hybridized carbons (Fsp3) is 0.188. The summed E-state index contributed by atoms with van der Waals surface area (Å²) in [7, 11) is 0. The molecule has 0 atom stereocenters. The largest absolute Gasteiger partial charge is 0.351 e. The van der Waals surface area contributed by atoms with E-state index in [0.717, 1.165) is 5.56 Å². The summed E-state index contributed by atoms with van der Waals surface area (Å²) in [5, 5.41) is 2.74. The zero-order valence-electron chi connectivity index (χ0n) is 11.6. The number of carbonyl (C=O) groups is 1. The van der Waals surface area contributed by atoms with Crippen LogP contribution in [0.4, 0.5) is 8.78 Å². The first-order chi connectivity index (χ1) is 10.5. The standard InChI is InChI=1S/C16H14BrF2NOS/c17-13-4-3-12(15(19)7-13)9-22-10-16(21)20-8-11-1-5-14(18)6-2-11/h1-7H,8-10H2,(H,20,21). The zero-order valence-corrected chi connectivity index (χ0v) is 14.0. The molecule has 0 bridgehead atoms. The van der Waals surface area contributed by atoms with Crippen LogP contribution in [0, 0.1) is 11.6 Å². The molecule has 1 N–H and O–H groups in total. The Hall–Kier alpha value is -1.40. The van der Waals surface area contributed by atoms with Crippen LogP contribution in [-0.2, 0) is 17.1 Å². The predicted molar refractivity (Wildman–Crippen MR) is 88.5 cm³/mol. The summed E-state index contributed by atoms with van der Waals surface area (Å²) in [6.07, 6.45) is 0. The Morgan fingerprint density at radius 3 is 2.55 bits per heavy atom. The summed E-state index contributed by atoms with van der Waals surface area (Å²) in [6, 6.07) is 10.8. The van der Waals surface area contributed by atoms with Crippen molar-refractivity contribution in [1.29, 1.82) is 0 Å². The Morgan fingerprint density at radius 1 is 1.14 bits per heavy atom. The van der Waals surface area contributed by atoms with Gasteiger partial charge in [-0.3, -0.25) is 4.79 Å². The van der Waals surface area contributed by atoms with Crippen molar-refractivity contribution in [3.05, 3.63) is 69.7 Å². The molecule has 0 radical (unpaired) electrons. The van der Waals surface area contributed by atoms with E-state index >= 15 is 0 Å². The summed E-state index contributed by atoms with van der Waals surface area (Å²) in [6.45, 7) is 0.353. The number of rotatable bonds is 6. The van der Waals surface area contributed by atoms with Gasteiger partial charge in [-0.05, 0) is 35.4 Å². The molecule has 0 saturated carbocycles. The summed E-state index contributed by atoms with van der Waals surface area (Å²) in [4.78, 5) is 11.7. The maximum absolute atomic E-state index is 13.6. The molecule has 0 fully saturated rings. The van der Waals surface area contributed by atoms with Gasteiger partial charge < -0.3 is 5.32 Å². The van der Waals surface area contributed by atoms with E-state index in [2.05, 4.69) is 21.2 Å². The molecule has 2 rings (SSSR count). The average Bonchev–Trinajstić information content (AvgIpc) is 2.49. The minimum absolute atomic E-state index is 0.133. The molecule has 2 aromatic carbocycles. The van der Waals surface area contributed by atoms with Crippen molar-refractivity contribution in [2.75, 3.05) is 5.75 Å². The molecule has 0 aliphatic heterocycles. The smallest absolute Gasteiger partial charge is 0.230 e. The van der Waals surface area contributed by atoms with Gasteiger partial charge in [-0.2, -0.15) is 0 Å². The maximum atomic E-state index is 13.6. The van der Waals surface area contributed by atoms with E-state index in [1.165, 1.54) is 30.0 Å². The highest BCUT2D eigenvalue weighted by molar-refractivity contribution is 9.10. The molecule has 2 aromatic rings. The molecule has 0 saturated heterocycles. The third kappa shape index (κ3) is 5.42. The van der Waals surface area contributed by atoms with E-state index in [9.17, 15) is 13.6 Å². The number of hydrogen-bond acceptors (Lipinski definition) is 2. The molecule has 6 heteroatoms. The van der Waals surface area contributed by atoms with Crippen LogP contribution in [0.2, 0.25) is 0 Å². The van der Waals surface area contributed by atoms with Crippen LogP contribution >= 0.6 is 27.7 Å². The quantitative estimate of drug-likeness (QED) is 0.803. The molecule has 2 nitrogen and oxygen atoms in total. The Kier molecular flexibility index (Phi) is 6.39. The van der Waals surface area contributed by atoms with Crippen molar-refractivity contribution in [3.8, 4) is 0 Å². The van der Waals surface area contributed by atoms with Crippen molar-refractivity contribution in [3.63, 3.8) is 0 Å². The molecule has 0 aromatic heterocycles. The van der Waals surface area contributed by atoms with Crippen molar-refractivity contribution in [2.45, 2.75) is 12.3 Å². The predicted octanol–water partition coefficient (Wildman–Crippen LogP) is 4.28. The lowest BCUT2D eigenvalue weighted by atomic mass is 10.2. The van der Waals surface area contributed by atoms with E-state index in [4.69, 9.17) is 0 Å². The van der Waals surface area contributed by atoms with E-state index < -0.39 is 0 Å². The van der Waals surface area contributed by atoms with Crippen LogP contribution in [-0.4, -0.2) is 11.7 Å². The summed E-state index contributed by atoms with van der Waals surface area (Å²) < 4.78 is 27.0. The van der Waals surface area contributed by atoms with Crippen LogP contribution in [0.5, 0.6) is 0 Å². The van der Waals surface area contributed by atoms with E-state index in [0.29, 0.717) is 22.3 Å². The zero-order chi connectivity index (χ0) is 15.9. The van der Waals surface area contributed by atoms with E-state index in [-0.39, 0.29) is 23.3 Å². The number of thioether (sulfide) groups is 1. The molecular formula is C16H14BrF2NOS. The minimum Gasteiger partial charge on any atom is -0.351 e. The lowest BCUT2D eigenvalue weighted by molar-refractivity contribution is -0.118. The van der Waals surface area contributed by atoms with Gasteiger partial charge in [0.1, 0.15) is 11.6 Å². The lowest BCUT2D eigenvalue weighted by Gasteiger charge is -2.06. The van der Waals surface area contributed by atoms with Gasteiger partial charge in [0.05, 0.1) is 5.75 Å². The minimum atomic E-state index is -0.304. The molecule has 0 spiro atoms. The van der Waals surface area contributed by atoms with Gasteiger partial charge in [0.15, 0.2) is 0 Å². The Morgan fingerprint density at radius 2 is 1.86 bits per heavy atom. The highest BCUT2D eigenvalue weighted by atomic mass is 79.9. The van der Waals surface area contributed by atoms with E-state index in [1.54, 1.807) is 24.3 Å². The van der Waals surface area contributed by atoms with Gasteiger partial charge in [0, 0.05) is 16.8 Å². The monoisotopic (exact) mass is 385 g/mol. The third-order valence-electron chi connectivity index (χ3n) is 2.91. The summed E-state index contributed by atoms with van der Waals surface area (Å²) in [5.41, 5.74) is 1.40. The van der Waals surface area contributed by atoms with Crippen LogP contribution in [0.1, 0.15) is 11.1 Å². The third-order valence-corrected chi connectivity index (χ3v) is 4.38. The van der Waals surface area contributed by atoms with Crippen LogP contribution in [0.3, 0.4) is 0 Å². The number of nitrogens with one attached hydrogen (secondary N) is 1. The molecule has 0 aliphatic rings. The highest BCUT2D eigenvalue weighted by Gasteiger charge is 2.06. The van der Waals surface area contributed by atoms with Crippen molar-refractivity contribution < 1.29 is 13.6 Å². The van der Waals surface area contributed by atoms with Crippen molar-refractivity contribution in [1.82, 2.24) is 5.32 Å². The maximum Gasteiger partial charge on any atom is 0.230 e. The second-order valence-corrected chi connectivity index (χ2v) is 6.53. The number of carbonyl (C=O) groups excluding carboxylic acids is 1. The average molecular weight is 386 g/mol. The number of hydrogen-bond donors (Lipinski definition) is 1. The van der Waals surface area contributed by atoms with Crippen LogP contribution < -0.4 is 5.32 Å². The van der Waals surface area contributed by atoms with E-state index in [1.807, 2.05) is 0 Å². The Balaban J connectivity index is 1.72. The highest BCUT2D eigenvalue weighted by Crippen LogP contribution is 2.19. The molecule has 0 heterocycles. The van der Waals surface area contributed by atoms with Gasteiger partial charge in [0.25, 0.3) is 0 Å². The van der Waals surface area contributed by atoms with Gasteiger partial charge in [-0.25, -0.2) is 8.78 Å². The summed E-state index contributed by atoms with van der Waals surface area (Å²) >= 11 is 4.55. The van der Waals surface area contributed by atoms with Crippen LogP contribution in [0.15, 0.2) is 46.9 Å². The Bertz CT molecular complexity index is 649. The summed E-state index contributed by atoms with van der Waals surface area (Å²) in [5.74, 6) is -0.0395. The SMILES string of the molecule is O=C(CSCc1ccc(Br)cc1F)NCc1ccc(F)cc1. The number of amides is 1. The second kappa shape index (κ2) is 8.29. The molecule has 0 aliphatic carbocycles. The van der Waals surface area contributed by atoms with Gasteiger partial charge >= 0.3 is 0 Å². The normalized spacial score (nSPS) is 10.5. The first-order valence-electron chi connectivity index (χ1n) is 6.57. The molecule has 22 heavy (non-hydrogen) atoms. The van der Waals surface area contributed by atoms with Crippen molar-refractivity contribution >= 4 is 33.6 Å². The van der Waals surface area contributed by atoms with Crippen LogP contribution in [0.25, 0.3) is 0 Å². The Labute approximate surface area is 140 Å². The van der Waals surface area contributed by atoms with Gasteiger partial charge in [-0.15, -0.1) is 11.8 Å². The fourth-order valence-electron chi connectivity index (χ4n) is 1.75. The molecule has 1 amide bonds. The fourth-order valence-corrected chi connectivity index (χ4v) is 2.92. The molecule has 116 valence electrons.